The van der Waals surface area contributed by atoms with Crippen molar-refractivity contribution in [1.29, 1.82) is 0 Å². The van der Waals surface area contributed by atoms with Gasteiger partial charge in [-0.3, -0.25) is 0 Å². The van der Waals surface area contributed by atoms with Gasteiger partial charge in [0, 0.05) is 36.1 Å². The second-order valence-electron chi connectivity index (χ2n) is 4.84. The van der Waals surface area contributed by atoms with Crippen molar-refractivity contribution in [3.8, 4) is 11.8 Å². The van der Waals surface area contributed by atoms with E-state index in [1.54, 1.807) is 40.3 Å². The Labute approximate surface area is 130 Å². The third-order valence-electron chi connectivity index (χ3n) is 3.22. The number of aliphatic hydroxyl groups excluding tert-OH is 1. The summed E-state index contributed by atoms with van der Waals surface area (Å²) in [5.74, 6) is 7.34. The molecular formula is C15H19NO3S2. The lowest BCUT2D eigenvalue weighted by Gasteiger charge is -2.31. The van der Waals surface area contributed by atoms with Crippen LogP contribution in [0, 0.1) is 11.8 Å². The van der Waals surface area contributed by atoms with Crippen LogP contribution in [0.25, 0.3) is 0 Å². The molecule has 1 atom stereocenters. The maximum absolute atomic E-state index is 12.7. The first-order valence-electron chi connectivity index (χ1n) is 6.85. The number of benzene rings is 1. The third-order valence-corrected chi connectivity index (χ3v) is 6.42. The number of hydrogen-bond acceptors (Lipinski definition) is 4. The standard InChI is InChI=1S/C15H19NO3S2/c1-13-12-20-10-8-16(13)21(18,19)15-7-4-6-14(11-15)5-2-3-9-17/h4,6-7,11,13,17H,3,8-10,12H2,1H3. The molecule has 0 radical (unpaired) electrons. The molecule has 0 saturated carbocycles. The Bertz CT molecular complexity index is 646. The lowest BCUT2D eigenvalue weighted by atomic mass is 10.2. The van der Waals surface area contributed by atoms with Gasteiger partial charge in [-0.15, -0.1) is 0 Å². The van der Waals surface area contributed by atoms with E-state index in [2.05, 4.69) is 11.8 Å². The van der Waals surface area contributed by atoms with Crippen molar-refractivity contribution >= 4 is 21.8 Å². The van der Waals surface area contributed by atoms with Crippen molar-refractivity contribution in [3.05, 3.63) is 29.8 Å². The fourth-order valence-corrected chi connectivity index (χ4v) is 5.06. The quantitative estimate of drug-likeness (QED) is 0.857. The summed E-state index contributed by atoms with van der Waals surface area (Å²) < 4.78 is 27.0. The molecule has 1 aromatic carbocycles. The maximum Gasteiger partial charge on any atom is 0.243 e. The van der Waals surface area contributed by atoms with Gasteiger partial charge in [0.05, 0.1) is 11.5 Å². The first-order chi connectivity index (χ1) is 10.1. The molecule has 0 bridgehead atoms. The molecule has 0 aromatic heterocycles. The average Bonchev–Trinajstić information content (AvgIpc) is 2.48. The number of aliphatic hydroxyl groups is 1. The summed E-state index contributed by atoms with van der Waals surface area (Å²) in [5.41, 5.74) is 0.656. The van der Waals surface area contributed by atoms with Crippen molar-refractivity contribution in [1.82, 2.24) is 4.31 Å². The summed E-state index contributed by atoms with van der Waals surface area (Å²) in [4.78, 5) is 0.289. The van der Waals surface area contributed by atoms with Crippen LogP contribution in [0.15, 0.2) is 29.2 Å². The van der Waals surface area contributed by atoms with E-state index in [-0.39, 0.29) is 17.5 Å². The Morgan fingerprint density at radius 1 is 1.48 bits per heavy atom. The number of hydrogen-bond donors (Lipinski definition) is 1. The van der Waals surface area contributed by atoms with Crippen LogP contribution in [0.3, 0.4) is 0 Å². The molecule has 1 aromatic rings. The maximum atomic E-state index is 12.7. The molecule has 1 aliphatic rings. The predicted molar refractivity (Wildman–Crippen MR) is 85.7 cm³/mol. The lowest BCUT2D eigenvalue weighted by Crippen LogP contribution is -2.44. The highest BCUT2D eigenvalue weighted by molar-refractivity contribution is 7.99. The van der Waals surface area contributed by atoms with Gasteiger partial charge in [-0.1, -0.05) is 17.9 Å². The topological polar surface area (TPSA) is 57.6 Å². The van der Waals surface area contributed by atoms with Crippen LogP contribution >= 0.6 is 11.8 Å². The Morgan fingerprint density at radius 3 is 3.00 bits per heavy atom. The average molecular weight is 325 g/mol. The molecule has 1 fully saturated rings. The van der Waals surface area contributed by atoms with Crippen molar-refractivity contribution in [2.24, 2.45) is 0 Å². The minimum absolute atomic E-state index is 0.00789. The molecule has 114 valence electrons. The molecule has 6 heteroatoms. The molecule has 1 heterocycles. The zero-order chi connectivity index (χ0) is 15.3. The minimum Gasteiger partial charge on any atom is -0.395 e. The highest BCUT2D eigenvalue weighted by Crippen LogP contribution is 2.24. The van der Waals surface area contributed by atoms with Crippen LogP contribution in [-0.2, 0) is 10.0 Å². The fourth-order valence-electron chi connectivity index (χ4n) is 2.16. The normalized spacial score (nSPS) is 19.8. The van der Waals surface area contributed by atoms with Crippen LogP contribution in [0.4, 0.5) is 0 Å². The van der Waals surface area contributed by atoms with Gasteiger partial charge >= 0.3 is 0 Å². The van der Waals surface area contributed by atoms with Gasteiger partial charge in [0.2, 0.25) is 10.0 Å². The van der Waals surface area contributed by atoms with Gasteiger partial charge < -0.3 is 5.11 Å². The predicted octanol–water partition coefficient (Wildman–Crippen LogP) is 1.55. The number of thioether (sulfide) groups is 1. The second-order valence-corrected chi connectivity index (χ2v) is 7.88. The molecule has 0 spiro atoms. The zero-order valence-electron chi connectivity index (χ0n) is 11.9. The molecule has 2 rings (SSSR count). The molecule has 0 aliphatic carbocycles. The minimum atomic E-state index is -3.46. The van der Waals surface area contributed by atoms with Gasteiger partial charge in [0.1, 0.15) is 0 Å². The molecule has 1 unspecified atom stereocenters. The Balaban J connectivity index is 2.28. The molecule has 21 heavy (non-hydrogen) atoms. The van der Waals surface area contributed by atoms with Gasteiger partial charge in [-0.25, -0.2) is 8.42 Å². The number of sulfonamides is 1. The smallest absolute Gasteiger partial charge is 0.243 e. The lowest BCUT2D eigenvalue weighted by molar-refractivity contribution is 0.305. The fraction of sp³-hybridized carbons (Fsp3) is 0.467. The summed E-state index contributed by atoms with van der Waals surface area (Å²) in [5, 5.41) is 8.72. The van der Waals surface area contributed by atoms with Gasteiger partial charge in [-0.2, -0.15) is 16.1 Å². The van der Waals surface area contributed by atoms with E-state index >= 15 is 0 Å². The molecule has 0 amide bonds. The van der Waals surface area contributed by atoms with E-state index in [0.717, 1.165) is 11.5 Å². The van der Waals surface area contributed by atoms with Crippen LogP contribution in [0.1, 0.15) is 18.9 Å². The van der Waals surface area contributed by atoms with Crippen LogP contribution < -0.4 is 0 Å². The van der Waals surface area contributed by atoms with Crippen molar-refractivity contribution in [3.63, 3.8) is 0 Å². The number of rotatable bonds is 3. The largest absolute Gasteiger partial charge is 0.395 e. The molecule has 1 aliphatic heterocycles. The van der Waals surface area contributed by atoms with E-state index < -0.39 is 10.0 Å². The van der Waals surface area contributed by atoms with E-state index in [1.807, 2.05) is 6.92 Å². The van der Waals surface area contributed by atoms with Crippen molar-refractivity contribution in [2.75, 3.05) is 24.7 Å². The van der Waals surface area contributed by atoms with E-state index in [1.165, 1.54) is 0 Å². The SMILES string of the molecule is CC1CSCCN1S(=O)(=O)c1cccc(C#CCCO)c1. The highest BCUT2D eigenvalue weighted by Gasteiger charge is 2.31. The molecular weight excluding hydrogens is 306 g/mol. The van der Waals surface area contributed by atoms with Crippen LogP contribution in [0.5, 0.6) is 0 Å². The summed E-state index contributed by atoms with van der Waals surface area (Å²) in [6.45, 7) is 2.50. The van der Waals surface area contributed by atoms with E-state index in [0.29, 0.717) is 18.5 Å². The molecule has 4 nitrogen and oxygen atoms in total. The number of nitrogens with zero attached hydrogens (tertiary/aromatic N) is 1. The Kier molecular flexibility index (Phi) is 5.71. The van der Waals surface area contributed by atoms with E-state index in [4.69, 9.17) is 5.11 Å². The van der Waals surface area contributed by atoms with Gasteiger partial charge in [0.25, 0.3) is 0 Å². The van der Waals surface area contributed by atoms with Gasteiger partial charge in [0.15, 0.2) is 0 Å². The van der Waals surface area contributed by atoms with Crippen molar-refractivity contribution in [2.45, 2.75) is 24.3 Å². The Morgan fingerprint density at radius 2 is 2.29 bits per heavy atom. The first-order valence-corrected chi connectivity index (χ1v) is 9.44. The zero-order valence-corrected chi connectivity index (χ0v) is 13.6. The summed E-state index contributed by atoms with van der Waals surface area (Å²) in [6, 6.07) is 6.71. The van der Waals surface area contributed by atoms with Crippen LogP contribution in [-0.4, -0.2) is 48.5 Å². The summed E-state index contributed by atoms with van der Waals surface area (Å²) >= 11 is 1.78. The summed E-state index contributed by atoms with van der Waals surface area (Å²) in [6.07, 6.45) is 0.386. The van der Waals surface area contributed by atoms with E-state index in [9.17, 15) is 8.42 Å². The second kappa shape index (κ2) is 7.32. The monoisotopic (exact) mass is 325 g/mol. The highest BCUT2D eigenvalue weighted by atomic mass is 32.2. The first kappa shape index (κ1) is 16.4. The molecule has 1 saturated heterocycles. The van der Waals surface area contributed by atoms with Crippen LogP contribution in [0.2, 0.25) is 0 Å². The Hall–Kier alpha value is -1.00. The summed E-state index contributed by atoms with van der Waals surface area (Å²) in [7, 11) is -3.46. The third kappa shape index (κ3) is 4.01. The van der Waals surface area contributed by atoms with Gasteiger partial charge in [-0.05, 0) is 25.1 Å². The van der Waals surface area contributed by atoms with Crippen molar-refractivity contribution < 1.29 is 13.5 Å². The molecule has 1 N–H and O–H groups in total.